The highest BCUT2D eigenvalue weighted by Crippen LogP contribution is 2.36. The largest absolute Gasteiger partial charge is 0.497 e. The Bertz CT molecular complexity index is 626. The first-order valence-corrected chi connectivity index (χ1v) is 7.95. The molecule has 1 heterocycles. The van der Waals surface area contributed by atoms with Gasteiger partial charge in [-0.2, -0.15) is 0 Å². The van der Waals surface area contributed by atoms with E-state index < -0.39 is 0 Å². The molecule has 0 spiro atoms. The molecule has 0 radical (unpaired) electrons. The van der Waals surface area contributed by atoms with Crippen molar-refractivity contribution in [3.8, 4) is 5.75 Å². The van der Waals surface area contributed by atoms with E-state index in [0.29, 0.717) is 11.9 Å². The Morgan fingerprint density at radius 2 is 2.19 bits per heavy atom. The highest BCUT2D eigenvalue weighted by atomic mass is 35.5. The zero-order valence-electron chi connectivity index (χ0n) is 12.5. The van der Waals surface area contributed by atoms with Gasteiger partial charge in [0.15, 0.2) is 0 Å². The molecule has 0 aliphatic heterocycles. The van der Waals surface area contributed by atoms with Crippen molar-refractivity contribution in [3.05, 3.63) is 24.0 Å². The first-order valence-electron chi connectivity index (χ1n) is 7.42. The maximum atomic E-state index is 5.96. The van der Waals surface area contributed by atoms with Crippen LogP contribution in [0.15, 0.2) is 18.2 Å². The number of rotatable bonds is 5. The molecule has 1 aliphatic carbocycles. The van der Waals surface area contributed by atoms with Crippen LogP contribution in [0.1, 0.15) is 31.1 Å². The summed E-state index contributed by atoms with van der Waals surface area (Å²) in [7, 11) is 3.47. The fourth-order valence-corrected chi connectivity index (χ4v) is 3.53. The third kappa shape index (κ3) is 2.62. The van der Waals surface area contributed by atoms with Crippen LogP contribution in [0.4, 0.5) is 0 Å². The zero-order valence-corrected chi connectivity index (χ0v) is 13.3. The normalized spacial score (nSPS) is 22.0. The summed E-state index contributed by atoms with van der Waals surface area (Å²) in [6.07, 6.45) is 4.46. The van der Waals surface area contributed by atoms with Crippen LogP contribution >= 0.6 is 11.6 Å². The average Bonchev–Trinajstić information content (AvgIpc) is 3.09. The van der Waals surface area contributed by atoms with Gasteiger partial charge < -0.3 is 14.0 Å². The predicted molar refractivity (Wildman–Crippen MR) is 84.4 cm³/mol. The van der Waals surface area contributed by atoms with Gasteiger partial charge in [-0.3, -0.25) is 0 Å². The Labute approximate surface area is 130 Å². The van der Waals surface area contributed by atoms with E-state index in [0.717, 1.165) is 41.9 Å². The second-order valence-corrected chi connectivity index (χ2v) is 5.84. The fourth-order valence-electron chi connectivity index (χ4n) is 3.36. The van der Waals surface area contributed by atoms with E-state index >= 15 is 0 Å². The first-order chi connectivity index (χ1) is 10.3. The van der Waals surface area contributed by atoms with E-state index in [1.807, 2.05) is 12.1 Å². The van der Waals surface area contributed by atoms with E-state index in [-0.39, 0.29) is 6.10 Å². The van der Waals surface area contributed by atoms with Gasteiger partial charge in [-0.25, -0.2) is 4.98 Å². The number of alkyl halides is 1. The van der Waals surface area contributed by atoms with Crippen LogP contribution in [-0.2, 0) is 11.2 Å². The lowest BCUT2D eigenvalue weighted by Gasteiger charge is -2.22. The summed E-state index contributed by atoms with van der Waals surface area (Å²) in [6.45, 7) is 0. The minimum absolute atomic E-state index is 0.263. The van der Waals surface area contributed by atoms with Crippen molar-refractivity contribution >= 4 is 22.6 Å². The minimum atomic E-state index is 0.263. The predicted octanol–water partition coefficient (Wildman–Crippen LogP) is 3.57. The van der Waals surface area contributed by atoms with Crippen LogP contribution in [0.25, 0.3) is 11.0 Å². The maximum Gasteiger partial charge on any atom is 0.121 e. The molecule has 2 unspecified atom stereocenters. The van der Waals surface area contributed by atoms with Crippen LogP contribution in [0.5, 0.6) is 5.75 Å². The van der Waals surface area contributed by atoms with Crippen LogP contribution in [-0.4, -0.2) is 35.8 Å². The van der Waals surface area contributed by atoms with Crippen LogP contribution in [0, 0.1) is 0 Å². The topological polar surface area (TPSA) is 36.3 Å². The van der Waals surface area contributed by atoms with Crippen LogP contribution in [0.2, 0.25) is 0 Å². The molecule has 1 fully saturated rings. The minimum Gasteiger partial charge on any atom is -0.497 e. The number of methoxy groups -OCH3 is 2. The third-order valence-corrected chi connectivity index (χ3v) is 4.53. The average molecular weight is 309 g/mol. The van der Waals surface area contributed by atoms with Gasteiger partial charge in [0.05, 0.1) is 30.3 Å². The second-order valence-electron chi connectivity index (χ2n) is 5.46. The third-order valence-electron chi connectivity index (χ3n) is 4.34. The molecule has 1 aromatic carbocycles. The van der Waals surface area contributed by atoms with E-state index in [1.165, 1.54) is 6.42 Å². The van der Waals surface area contributed by atoms with Crippen molar-refractivity contribution < 1.29 is 9.47 Å². The monoisotopic (exact) mass is 308 g/mol. The zero-order chi connectivity index (χ0) is 14.8. The Balaban J connectivity index is 2.11. The molecular formula is C16H21ClN2O2. The number of ether oxygens (including phenoxy) is 2. The molecule has 5 heteroatoms. The lowest BCUT2D eigenvalue weighted by molar-refractivity contribution is 0.0753. The molecule has 21 heavy (non-hydrogen) atoms. The van der Waals surface area contributed by atoms with E-state index in [9.17, 15) is 0 Å². The van der Waals surface area contributed by atoms with Gasteiger partial charge in [0, 0.05) is 25.5 Å². The molecule has 3 rings (SSSR count). The number of halogens is 1. The summed E-state index contributed by atoms with van der Waals surface area (Å²) in [5.74, 6) is 2.45. The van der Waals surface area contributed by atoms with Gasteiger partial charge in [0.1, 0.15) is 11.6 Å². The molecule has 1 aromatic heterocycles. The van der Waals surface area contributed by atoms with Crippen LogP contribution in [0.3, 0.4) is 0 Å². The lowest BCUT2D eigenvalue weighted by Crippen LogP contribution is -2.22. The van der Waals surface area contributed by atoms with Gasteiger partial charge in [-0.1, -0.05) is 0 Å². The van der Waals surface area contributed by atoms with Gasteiger partial charge >= 0.3 is 0 Å². The standard InChI is InChI=1S/C16H21ClN2O2/c1-20-11-6-7-13-12(10-11)18-16(8-9-17)19(13)14-4-3-5-15(14)21-2/h6-7,10,14-15H,3-5,8-9H2,1-2H3. The van der Waals surface area contributed by atoms with Gasteiger partial charge in [-0.05, 0) is 31.4 Å². The van der Waals surface area contributed by atoms with E-state index in [1.54, 1.807) is 14.2 Å². The van der Waals surface area contributed by atoms with Crippen molar-refractivity contribution in [2.45, 2.75) is 37.8 Å². The summed E-state index contributed by atoms with van der Waals surface area (Å²) in [5.41, 5.74) is 2.11. The number of nitrogens with zero attached hydrogens (tertiary/aromatic N) is 2. The number of aromatic nitrogens is 2. The molecule has 114 valence electrons. The molecule has 0 saturated heterocycles. The summed E-state index contributed by atoms with van der Waals surface area (Å²) in [6, 6.07) is 6.41. The Hall–Kier alpha value is -1.26. The highest BCUT2D eigenvalue weighted by molar-refractivity contribution is 6.17. The number of aryl methyl sites for hydroxylation is 1. The molecule has 0 bridgehead atoms. The van der Waals surface area contributed by atoms with Gasteiger partial charge in [0.25, 0.3) is 0 Å². The fraction of sp³-hybridized carbons (Fsp3) is 0.562. The molecule has 2 atom stereocenters. The summed E-state index contributed by atoms with van der Waals surface area (Å²) in [4.78, 5) is 4.77. The molecule has 1 aliphatic rings. The summed E-state index contributed by atoms with van der Waals surface area (Å²) >= 11 is 5.96. The van der Waals surface area contributed by atoms with Gasteiger partial charge in [-0.15, -0.1) is 11.6 Å². The van der Waals surface area contributed by atoms with E-state index in [2.05, 4.69) is 10.6 Å². The van der Waals surface area contributed by atoms with E-state index in [4.69, 9.17) is 26.1 Å². The summed E-state index contributed by atoms with van der Waals surface area (Å²) in [5, 5.41) is 0. The van der Waals surface area contributed by atoms with Crippen molar-refractivity contribution in [2.75, 3.05) is 20.1 Å². The molecule has 0 amide bonds. The van der Waals surface area contributed by atoms with Gasteiger partial charge in [0.2, 0.25) is 0 Å². The highest BCUT2D eigenvalue weighted by Gasteiger charge is 2.31. The Morgan fingerprint density at radius 3 is 2.90 bits per heavy atom. The number of fused-ring (bicyclic) bond motifs is 1. The van der Waals surface area contributed by atoms with Crippen molar-refractivity contribution in [1.29, 1.82) is 0 Å². The quantitative estimate of drug-likeness (QED) is 0.792. The number of benzene rings is 1. The number of imidazole rings is 1. The number of hydrogen-bond acceptors (Lipinski definition) is 3. The second kappa shape index (κ2) is 6.24. The van der Waals surface area contributed by atoms with Crippen molar-refractivity contribution in [3.63, 3.8) is 0 Å². The Morgan fingerprint density at radius 1 is 1.33 bits per heavy atom. The maximum absolute atomic E-state index is 5.96. The van der Waals surface area contributed by atoms with Crippen molar-refractivity contribution in [1.82, 2.24) is 9.55 Å². The smallest absolute Gasteiger partial charge is 0.121 e. The van der Waals surface area contributed by atoms with Crippen molar-refractivity contribution in [2.24, 2.45) is 0 Å². The molecule has 1 saturated carbocycles. The Kier molecular flexibility index (Phi) is 4.36. The van der Waals surface area contributed by atoms with Crippen LogP contribution < -0.4 is 4.74 Å². The first kappa shape index (κ1) is 14.7. The molecule has 2 aromatic rings. The SMILES string of the molecule is COc1ccc2c(c1)nc(CCCl)n2C1CCCC1OC. The number of hydrogen-bond donors (Lipinski definition) is 0. The summed E-state index contributed by atoms with van der Waals surface area (Å²) < 4.78 is 13.3. The molecular weight excluding hydrogens is 288 g/mol. The molecule has 0 N–H and O–H groups in total. The molecule has 4 nitrogen and oxygen atoms in total. The lowest BCUT2D eigenvalue weighted by atomic mass is 10.2.